The fourth-order valence-electron chi connectivity index (χ4n) is 2.85. The third kappa shape index (κ3) is 3.98. The van der Waals surface area contributed by atoms with Gasteiger partial charge in [0.15, 0.2) is 0 Å². The molecule has 0 fully saturated rings. The Morgan fingerprint density at radius 2 is 1.30 bits per heavy atom. The lowest BCUT2D eigenvalue weighted by Crippen LogP contribution is -2.44. The molecule has 124 valence electrons. The van der Waals surface area contributed by atoms with E-state index in [4.69, 9.17) is 14.6 Å². The van der Waals surface area contributed by atoms with Crippen LogP contribution in [-0.2, 0) is 15.1 Å². The molecule has 1 atom stereocenters. The molecule has 0 aromatic heterocycles. The number of rotatable bonds is 9. The van der Waals surface area contributed by atoms with E-state index >= 15 is 0 Å². The Bertz CT molecular complexity index is 517. The molecular weight excluding hydrogens is 292 g/mol. The van der Waals surface area contributed by atoms with Gasteiger partial charge in [-0.3, -0.25) is 0 Å². The van der Waals surface area contributed by atoms with Crippen LogP contribution in [-0.4, -0.2) is 42.7 Å². The van der Waals surface area contributed by atoms with Crippen molar-refractivity contribution in [2.24, 2.45) is 0 Å². The number of ether oxygens (including phenoxy) is 2. The molecule has 2 rings (SSSR count). The lowest BCUT2D eigenvalue weighted by Gasteiger charge is -2.39. The zero-order chi connectivity index (χ0) is 16.5. The lowest BCUT2D eigenvalue weighted by molar-refractivity contribution is -0.131. The molecule has 0 bridgehead atoms. The molecule has 0 radical (unpaired) electrons. The first-order valence-electron chi connectivity index (χ1n) is 7.84. The van der Waals surface area contributed by atoms with Crippen molar-refractivity contribution >= 4 is 0 Å². The maximum Gasteiger partial charge on any atom is 0.144 e. The molecule has 0 saturated carbocycles. The molecule has 0 amide bonds. The molecule has 0 spiro atoms. The molecule has 2 aromatic rings. The Morgan fingerprint density at radius 3 is 1.74 bits per heavy atom. The predicted molar refractivity (Wildman–Crippen MR) is 89.2 cm³/mol. The highest BCUT2D eigenvalue weighted by molar-refractivity contribution is 5.38. The van der Waals surface area contributed by atoms with Crippen molar-refractivity contribution in [3.63, 3.8) is 0 Å². The quantitative estimate of drug-likeness (QED) is 0.745. The van der Waals surface area contributed by atoms with E-state index < -0.39 is 5.60 Å². The molecule has 0 aliphatic heterocycles. The van der Waals surface area contributed by atoms with Crippen molar-refractivity contribution < 1.29 is 19.7 Å². The van der Waals surface area contributed by atoms with E-state index in [2.05, 4.69) is 0 Å². The molecule has 0 heterocycles. The smallest absolute Gasteiger partial charge is 0.144 e. The average molecular weight is 316 g/mol. The van der Waals surface area contributed by atoms with Crippen LogP contribution < -0.4 is 0 Å². The van der Waals surface area contributed by atoms with E-state index in [0.717, 1.165) is 11.1 Å². The van der Waals surface area contributed by atoms with Gasteiger partial charge in [0.2, 0.25) is 0 Å². The van der Waals surface area contributed by atoms with Crippen LogP contribution in [0.4, 0.5) is 0 Å². The number of aliphatic hydroxyl groups is 2. The summed E-state index contributed by atoms with van der Waals surface area (Å²) in [6.07, 6.45) is -0.342. The van der Waals surface area contributed by atoms with Crippen molar-refractivity contribution in [1.82, 2.24) is 0 Å². The van der Waals surface area contributed by atoms with Gasteiger partial charge in [-0.15, -0.1) is 0 Å². The molecule has 2 aromatic carbocycles. The van der Waals surface area contributed by atoms with E-state index in [9.17, 15) is 5.11 Å². The van der Waals surface area contributed by atoms with Gasteiger partial charge in [-0.1, -0.05) is 60.7 Å². The van der Waals surface area contributed by atoms with Crippen molar-refractivity contribution in [1.29, 1.82) is 0 Å². The summed E-state index contributed by atoms with van der Waals surface area (Å²) in [6, 6.07) is 19.7. The first kappa shape index (κ1) is 17.6. The number of hydrogen-bond acceptors (Lipinski definition) is 4. The van der Waals surface area contributed by atoms with Crippen LogP contribution in [0.25, 0.3) is 0 Å². The van der Waals surface area contributed by atoms with Crippen LogP contribution in [0.15, 0.2) is 60.7 Å². The zero-order valence-electron chi connectivity index (χ0n) is 13.4. The van der Waals surface area contributed by atoms with E-state index in [1.165, 1.54) is 0 Å². The summed E-state index contributed by atoms with van der Waals surface area (Å²) in [5, 5.41) is 18.4. The second kappa shape index (κ2) is 8.79. The normalized spacial score (nSPS) is 13.0. The van der Waals surface area contributed by atoms with Crippen LogP contribution in [0.5, 0.6) is 0 Å². The molecule has 4 heteroatoms. The van der Waals surface area contributed by atoms with Gasteiger partial charge in [0.25, 0.3) is 0 Å². The van der Waals surface area contributed by atoms with Gasteiger partial charge >= 0.3 is 0 Å². The van der Waals surface area contributed by atoms with Gasteiger partial charge in [-0.2, -0.15) is 0 Å². The number of aliphatic hydroxyl groups excluding tert-OH is 2. The summed E-state index contributed by atoms with van der Waals surface area (Å²) in [7, 11) is 0. The first-order chi connectivity index (χ1) is 11.3. The predicted octanol–water partition coefficient (Wildman–Crippen LogP) is 2.34. The Balaban J connectivity index is 2.53. The Morgan fingerprint density at radius 1 is 0.826 bits per heavy atom. The van der Waals surface area contributed by atoms with E-state index in [-0.39, 0.29) is 32.5 Å². The monoisotopic (exact) mass is 316 g/mol. The SMILES string of the molecule is CC(OCCO)C(OCCO)(c1ccccc1)c1ccccc1. The van der Waals surface area contributed by atoms with Gasteiger partial charge in [0.05, 0.1) is 32.5 Å². The fourth-order valence-corrected chi connectivity index (χ4v) is 2.85. The summed E-state index contributed by atoms with van der Waals surface area (Å²) in [4.78, 5) is 0. The average Bonchev–Trinajstić information content (AvgIpc) is 2.62. The number of benzene rings is 2. The first-order valence-corrected chi connectivity index (χ1v) is 7.84. The summed E-state index contributed by atoms with van der Waals surface area (Å²) in [5.74, 6) is 0. The van der Waals surface area contributed by atoms with E-state index in [0.29, 0.717) is 0 Å². The zero-order valence-corrected chi connectivity index (χ0v) is 13.4. The van der Waals surface area contributed by atoms with Crippen molar-refractivity contribution in [2.45, 2.75) is 18.6 Å². The maximum atomic E-state index is 9.28. The van der Waals surface area contributed by atoms with Crippen molar-refractivity contribution in [2.75, 3.05) is 26.4 Å². The van der Waals surface area contributed by atoms with Gasteiger partial charge in [0, 0.05) is 0 Å². The van der Waals surface area contributed by atoms with Crippen LogP contribution in [0, 0.1) is 0 Å². The fraction of sp³-hybridized carbons (Fsp3) is 0.368. The molecule has 1 unspecified atom stereocenters. The minimum absolute atomic E-state index is 0.0516. The van der Waals surface area contributed by atoms with Crippen LogP contribution in [0.3, 0.4) is 0 Å². The highest BCUT2D eigenvalue weighted by Crippen LogP contribution is 2.38. The Labute approximate surface area is 137 Å². The minimum Gasteiger partial charge on any atom is -0.394 e. The molecule has 0 aliphatic rings. The summed E-state index contributed by atoms with van der Waals surface area (Å²) in [6.45, 7) is 2.22. The van der Waals surface area contributed by atoms with Crippen LogP contribution >= 0.6 is 0 Å². The molecule has 23 heavy (non-hydrogen) atoms. The third-order valence-corrected chi connectivity index (χ3v) is 3.86. The highest BCUT2D eigenvalue weighted by atomic mass is 16.6. The second-order valence-electron chi connectivity index (χ2n) is 5.28. The van der Waals surface area contributed by atoms with Gasteiger partial charge in [-0.25, -0.2) is 0 Å². The van der Waals surface area contributed by atoms with Gasteiger partial charge in [0.1, 0.15) is 5.60 Å². The standard InChI is InChI=1S/C19H24O4/c1-16(22-14-12-20)19(23-15-13-21,17-8-4-2-5-9-17)18-10-6-3-7-11-18/h2-11,16,20-21H,12-15H2,1H3. The molecular formula is C19H24O4. The van der Waals surface area contributed by atoms with Gasteiger partial charge in [-0.05, 0) is 18.1 Å². The highest BCUT2D eigenvalue weighted by Gasteiger charge is 2.41. The summed E-state index contributed by atoms with van der Waals surface area (Å²) in [5.41, 5.74) is 1.05. The maximum absolute atomic E-state index is 9.28. The van der Waals surface area contributed by atoms with Crippen molar-refractivity contribution in [3.05, 3.63) is 71.8 Å². The summed E-state index contributed by atoms with van der Waals surface area (Å²) < 4.78 is 12.0. The molecule has 0 saturated heterocycles. The van der Waals surface area contributed by atoms with E-state index in [1.807, 2.05) is 67.6 Å². The molecule has 0 aliphatic carbocycles. The second-order valence-corrected chi connectivity index (χ2v) is 5.28. The third-order valence-electron chi connectivity index (χ3n) is 3.86. The van der Waals surface area contributed by atoms with E-state index in [1.54, 1.807) is 0 Å². The van der Waals surface area contributed by atoms with Gasteiger partial charge < -0.3 is 19.7 Å². The lowest BCUT2D eigenvalue weighted by atomic mass is 9.81. The summed E-state index contributed by atoms with van der Waals surface area (Å²) >= 11 is 0. The molecule has 2 N–H and O–H groups in total. The van der Waals surface area contributed by atoms with Crippen LogP contribution in [0.2, 0.25) is 0 Å². The minimum atomic E-state index is -0.847. The van der Waals surface area contributed by atoms with Crippen LogP contribution in [0.1, 0.15) is 18.1 Å². The van der Waals surface area contributed by atoms with Crippen molar-refractivity contribution in [3.8, 4) is 0 Å². The topological polar surface area (TPSA) is 58.9 Å². The molecule has 4 nitrogen and oxygen atoms in total. The Hall–Kier alpha value is -1.72. The largest absolute Gasteiger partial charge is 0.394 e. The number of hydrogen-bond donors (Lipinski definition) is 2. The Kier molecular flexibility index (Phi) is 6.74.